The number of hydrogen-bond acceptors (Lipinski definition) is 3. The lowest BCUT2D eigenvalue weighted by Gasteiger charge is -2.20. The molecule has 0 bridgehead atoms. The molecule has 0 saturated heterocycles. The summed E-state index contributed by atoms with van der Waals surface area (Å²) in [6.45, 7) is 0. The molecule has 1 aliphatic heterocycles. The van der Waals surface area contributed by atoms with E-state index in [-0.39, 0.29) is 6.10 Å². The van der Waals surface area contributed by atoms with Crippen LogP contribution in [0.3, 0.4) is 0 Å². The summed E-state index contributed by atoms with van der Waals surface area (Å²) in [5.41, 5.74) is 2.05. The lowest BCUT2D eigenvalue weighted by Crippen LogP contribution is -2.23. The average molecular weight is 277 g/mol. The van der Waals surface area contributed by atoms with Crippen molar-refractivity contribution in [2.24, 2.45) is 0 Å². The number of aliphatic hydroxyl groups excluding tert-OH is 1. The highest BCUT2D eigenvalue weighted by Crippen LogP contribution is 2.35. The van der Waals surface area contributed by atoms with E-state index < -0.39 is 6.10 Å². The monoisotopic (exact) mass is 277 g/mol. The Morgan fingerprint density at radius 3 is 2.90 bits per heavy atom. The minimum absolute atomic E-state index is 0.235. The predicted molar refractivity (Wildman–Crippen MR) is 81.3 cm³/mol. The fraction of sp³-hybridized carbons (Fsp3) is 0.167. The van der Waals surface area contributed by atoms with Crippen molar-refractivity contribution >= 4 is 10.8 Å². The highest BCUT2D eigenvalue weighted by atomic mass is 16.5. The Bertz CT molecular complexity index is 770. The van der Waals surface area contributed by atoms with E-state index in [9.17, 15) is 5.11 Å². The highest BCUT2D eigenvalue weighted by molar-refractivity contribution is 5.85. The Morgan fingerprint density at radius 2 is 2.00 bits per heavy atom. The molecule has 0 radical (unpaired) electrons. The Hall–Kier alpha value is -2.39. The van der Waals surface area contributed by atoms with Crippen molar-refractivity contribution in [2.75, 3.05) is 0 Å². The third kappa shape index (κ3) is 2.06. The van der Waals surface area contributed by atoms with Crippen LogP contribution >= 0.6 is 0 Å². The molecule has 0 amide bonds. The number of nitrogens with zero attached hydrogens (tertiary/aromatic N) is 1. The van der Waals surface area contributed by atoms with Crippen LogP contribution in [0.15, 0.2) is 60.9 Å². The van der Waals surface area contributed by atoms with Crippen molar-refractivity contribution in [1.29, 1.82) is 0 Å². The summed E-state index contributed by atoms with van der Waals surface area (Å²) in [5, 5.41) is 12.8. The van der Waals surface area contributed by atoms with Gasteiger partial charge in [-0.3, -0.25) is 4.98 Å². The van der Waals surface area contributed by atoms with Gasteiger partial charge in [0.15, 0.2) is 0 Å². The van der Waals surface area contributed by atoms with E-state index in [1.165, 1.54) is 0 Å². The maximum atomic E-state index is 10.7. The standard InChI is InChI=1S/C18H15NO2/c20-18(17-10-12-4-1-2-7-16(12)21-17)15-6-3-5-13-11-19-9-8-14(13)15/h1-9,11,17-18,20H,10H2. The van der Waals surface area contributed by atoms with Gasteiger partial charge < -0.3 is 9.84 Å². The van der Waals surface area contributed by atoms with Gasteiger partial charge in [-0.2, -0.15) is 0 Å². The van der Waals surface area contributed by atoms with Crippen LogP contribution < -0.4 is 4.74 Å². The normalized spacial score (nSPS) is 18.2. The largest absolute Gasteiger partial charge is 0.487 e. The van der Waals surface area contributed by atoms with Crippen LogP contribution in [-0.4, -0.2) is 16.2 Å². The van der Waals surface area contributed by atoms with Crippen LogP contribution in [0.1, 0.15) is 17.2 Å². The summed E-state index contributed by atoms with van der Waals surface area (Å²) in [7, 11) is 0. The first-order valence-corrected chi connectivity index (χ1v) is 7.08. The zero-order chi connectivity index (χ0) is 14.2. The van der Waals surface area contributed by atoms with Gasteiger partial charge in [0.25, 0.3) is 0 Å². The molecule has 2 heterocycles. The van der Waals surface area contributed by atoms with E-state index in [1.807, 2.05) is 48.7 Å². The molecule has 104 valence electrons. The molecular formula is C18H15NO2. The Morgan fingerprint density at radius 1 is 1.10 bits per heavy atom. The van der Waals surface area contributed by atoms with Gasteiger partial charge in [0.2, 0.25) is 0 Å². The van der Waals surface area contributed by atoms with Gasteiger partial charge >= 0.3 is 0 Å². The van der Waals surface area contributed by atoms with Crippen molar-refractivity contribution in [3.8, 4) is 5.75 Å². The van der Waals surface area contributed by atoms with E-state index in [0.717, 1.165) is 34.1 Å². The second-order valence-electron chi connectivity index (χ2n) is 5.36. The maximum absolute atomic E-state index is 10.7. The number of hydrogen-bond donors (Lipinski definition) is 1. The molecule has 1 aromatic heterocycles. The van der Waals surface area contributed by atoms with Gasteiger partial charge in [0.05, 0.1) is 0 Å². The van der Waals surface area contributed by atoms with Crippen molar-refractivity contribution < 1.29 is 9.84 Å². The molecule has 0 saturated carbocycles. The second-order valence-corrected chi connectivity index (χ2v) is 5.36. The summed E-state index contributed by atoms with van der Waals surface area (Å²) in [4.78, 5) is 4.13. The molecular weight excluding hydrogens is 262 g/mol. The van der Waals surface area contributed by atoms with Crippen LogP contribution in [0.2, 0.25) is 0 Å². The van der Waals surface area contributed by atoms with Gasteiger partial charge in [-0.15, -0.1) is 0 Å². The number of rotatable bonds is 2. The number of aliphatic hydroxyl groups is 1. The molecule has 3 heteroatoms. The maximum Gasteiger partial charge on any atom is 0.133 e. The quantitative estimate of drug-likeness (QED) is 0.781. The molecule has 2 aromatic carbocycles. The molecule has 1 aliphatic rings. The minimum Gasteiger partial charge on any atom is -0.487 e. The zero-order valence-corrected chi connectivity index (χ0v) is 11.4. The van der Waals surface area contributed by atoms with Crippen molar-refractivity contribution in [3.63, 3.8) is 0 Å². The third-order valence-corrected chi connectivity index (χ3v) is 4.06. The topological polar surface area (TPSA) is 42.4 Å². The third-order valence-electron chi connectivity index (χ3n) is 4.06. The van der Waals surface area contributed by atoms with Gasteiger partial charge in [-0.25, -0.2) is 0 Å². The van der Waals surface area contributed by atoms with E-state index in [0.29, 0.717) is 0 Å². The molecule has 2 unspecified atom stereocenters. The molecule has 3 nitrogen and oxygen atoms in total. The van der Waals surface area contributed by atoms with E-state index in [2.05, 4.69) is 11.1 Å². The Balaban J connectivity index is 1.71. The number of para-hydroxylation sites is 1. The van der Waals surface area contributed by atoms with E-state index in [4.69, 9.17) is 4.74 Å². The van der Waals surface area contributed by atoms with Gasteiger partial charge in [-0.05, 0) is 28.6 Å². The number of ether oxygens (including phenoxy) is 1. The highest BCUT2D eigenvalue weighted by Gasteiger charge is 2.30. The summed E-state index contributed by atoms with van der Waals surface area (Å²) >= 11 is 0. The van der Waals surface area contributed by atoms with Crippen LogP contribution in [0.5, 0.6) is 5.75 Å². The van der Waals surface area contributed by atoms with Crippen molar-refractivity contribution in [3.05, 3.63) is 72.1 Å². The van der Waals surface area contributed by atoms with Gasteiger partial charge in [-0.1, -0.05) is 36.4 Å². The number of aromatic nitrogens is 1. The minimum atomic E-state index is -0.650. The lowest BCUT2D eigenvalue weighted by atomic mass is 9.96. The molecule has 21 heavy (non-hydrogen) atoms. The fourth-order valence-corrected chi connectivity index (χ4v) is 2.99. The molecule has 4 rings (SSSR count). The van der Waals surface area contributed by atoms with Crippen LogP contribution in [-0.2, 0) is 6.42 Å². The summed E-state index contributed by atoms with van der Waals surface area (Å²) in [6, 6.07) is 15.8. The number of fused-ring (bicyclic) bond motifs is 2. The van der Waals surface area contributed by atoms with Crippen LogP contribution in [0, 0.1) is 0 Å². The van der Waals surface area contributed by atoms with Crippen molar-refractivity contribution in [1.82, 2.24) is 4.98 Å². The summed E-state index contributed by atoms with van der Waals surface area (Å²) in [6.07, 6.45) is 3.42. The smallest absolute Gasteiger partial charge is 0.133 e. The first-order chi connectivity index (χ1) is 10.3. The molecule has 0 aliphatic carbocycles. The van der Waals surface area contributed by atoms with E-state index >= 15 is 0 Å². The molecule has 3 aromatic rings. The summed E-state index contributed by atoms with van der Waals surface area (Å²) < 4.78 is 5.91. The second kappa shape index (κ2) is 4.86. The molecule has 1 N–H and O–H groups in total. The van der Waals surface area contributed by atoms with Crippen LogP contribution in [0.4, 0.5) is 0 Å². The van der Waals surface area contributed by atoms with Crippen LogP contribution in [0.25, 0.3) is 10.8 Å². The zero-order valence-electron chi connectivity index (χ0n) is 11.4. The fourth-order valence-electron chi connectivity index (χ4n) is 2.99. The Labute approximate surface area is 122 Å². The molecule has 2 atom stereocenters. The van der Waals surface area contributed by atoms with Crippen molar-refractivity contribution in [2.45, 2.75) is 18.6 Å². The first-order valence-electron chi connectivity index (χ1n) is 7.08. The summed E-state index contributed by atoms with van der Waals surface area (Å²) in [5.74, 6) is 0.878. The first kappa shape index (κ1) is 12.4. The SMILES string of the molecule is OC(c1cccc2cnccc12)C1Cc2ccccc2O1. The van der Waals surface area contributed by atoms with Gasteiger partial charge in [0, 0.05) is 24.2 Å². The lowest BCUT2D eigenvalue weighted by molar-refractivity contribution is 0.0502. The van der Waals surface area contributed by atoms with E-state index in [1.54, 1.807) is 6.20 Å². The van der Waals surface area contributed by atoms with Gasteiger partial charge in [0.1, 0.15) is 18.0 Å². The Kier molecular flexibility index (Phi) is 2.86. The average Bonchev–Trinajstić information content (AvgIpc) is 2.97. The molecule has 0 fully saturated rings. The number of benzene rings is 2. The number of pyridine rings is 1. The predicted octanol–water partition coefficient (Wildman–Crippen LogP) is 3.27. The molecule has 0 spiro atoms.